The fourth-order valence-corrected chi connectivity index (χ4v) is 2.31. The van der Waals surface area contributed by atoms with E-state index in [1.807, 2.05) is 12.1 Å². The highest BCUT2D eigenvalue weighted by Crippen LogP contribution is 2.16. The second-order valence-electron chi connectivity index (χ2n) is 5.55. The van der Waals surface area contributed by atoms with Gasteiger partial charge in [-0.05, 0) is 48.7 Å². The normalized spacial score (nSPS) is 10.3. The van der Waals surface area contributed by atoms with Gasteiger partial charge in [-0.3, -0.25) is 9.59 Å². The van der Waals surface area contributed by atoms with Gasteiger partial charge in [0.05, 0.1) is 0 Å². The molecule has 0 spiro atoms. The lowest BCUT2D eigenvalue weighted by Crippen LogP contribution is -2.24. The van der Waals surface area contributed by atoms with Crippen molar-refractivity contribution < 1.29 is 19.4 Å². The summed E-state index contributed by atoms with van der Waals surface area (Å²) in [6.07, 6.45) is 1.29. The highest BCUT2D eigenvalue weighted by molar-refractivity contribution is 6.30. The van der Waals surface area contributed by atoms with Crippen LogP contribution < -0.4 is 10.1 Å². The van der Waals surface area contributed by atoms with Crippen LogP contribution in [0.4, 0.5) is 0 Å². The Hall–Kier alpha value is -2.53. The number of ether oxygens (including phenoxy) is 1. The van der Waals surface area contributed by atoms with Crippen LogP contribution >= 0.6 is 11.6 Å². The maximum absolute atomic E-state index is 12.1. The molecule has 2 rings (SSSR count). The van der Waals surface area contributed by atoms with E-state index in [1.54, 1.807) is 36.4 Å². The van der Waals surface area contributed by atoms with Crippen molar-refractivity contribution >= 4 is 23.5 Å². The number of aliphatic carboxylic acids is 1. The van der Waals surface area contributed by atoms with Crippen LogP contribution in [0, 0.1) is 0 Å². The minimum Gasteiger partial charge on any atom is -0.489 e. The molecule has 5 nitrogen and oxygen atoms in total. The molecule has 0 heterocycles. The SMILES string of the molecule is O=C(O)CCCCNC(=O)c1cccc(OCc2ccc(Cl)cc2)c1. The lowest BCUT2D eigenvalue weighted by molar-refractivity contribution is -0.137. The Balaban J connectivity index is 1.82. The molecule has 25 heavy (non-hydrogen) atoms. The smallest absolute Gasteiger partial charge is 0.303 e. The van der Waals surface area contributed by atoms with E-state index in [0.717, 1.165) is 5.56 Å². The molecule has 6 heteroatoms. The number of nitrogens with one attached hydrogen (secondary N) is 1. The number of hydrogen-bond donors (Lipinski definition) is 2. The minimum absolute atomic E-state index is 0.115. The van der Waals surface area contributed by atoms with Crippen LogP contribution in [-0.4, -0.2) is 23.5 Å². The summed E-state index contributed by atoms with van der Waals surface area (Å²) in [5, 5.41) is 12.0. The van der Waals surface area contributed by atoms with Gasteiger partial charge in [0.2, 0.25) is 0 Å². The molecule has 2 aromatic carbocycles. The molecule has 2 aromatic rings. The molecule has 0 saturated carbocycles. The monoisotopic (exact) mass is 361 g/mol. The van der Waals surface area contributed by atoms with Gasteiger partial charge in [0, 0.05) is 23.6 Å². The van der Waals surface area contributed by atoms with E-state index >= 15 is 0 Å². The van der Waals surface area contributed by atoms with Crippen molar-refractivity contribution in [1.82, 2.24) is 5.32 Å². The maximum atomic E-state index is 12.1. The predicted octanol–water partition coefficient (Wildman–Crippen LogP) is 3.90. The van der Waals surface area contributed by atoms with Gasteiger partial charge in [0.15, 0.2) is 0 Å². The van der Waals surface area contributed by atoms with E-state index in [2.05, 4.69) is 5.32 Å². The first kappa shape index (κ1) is 18.8. The molecule has 0 aliphatic heterocycles. The summed E-state index contributed by atoms with van der Waals surface area (Å²) < 4.78 is 5.70. The molecule has 0 unspecified atom stereocenters. The quantitative estimate of drug-likeness (QED) is 0.664. The molecule has 2 N–H and O–H groups in total. The molecule has 0 bridgehead atoms. The number of unbranched alkanes of at least 4 members (excludes halogenated alkanes) is 1. The zero-order valence-electron chi connectivity index (χ0n) is 13.7. The van der Waals surface area contributed by atoms with Crippen LogP contribution in [0.5, 0.6) is 5.75 Å². The third kappa shape index (κ3) is 6.85. The van der Waals surface area contributed by atoms with Crippen LogP contribution in [0.15, 0.2) is 48.5 Å². The molecule has 0 radical (unpaired) electrons. The van der Waals surface area contributed by atoms with Crippen molar-refractivity contribution in [3.8, 4) is 5.75 Å². The number of rotatable bonds is 9. The lowest BCUT2D eigenvalue weighted by Gasteiger charge is -2.09. The second-order valence-corrected chi connectivity index (χ2v) is 5.99. The molecule has 0 aliphatic rings. The summed E-state index contributed by atoms with van der Waals surface area (Å²) in [4.78, 5) is 22.5. The molecule has 0 aromatic heterocycles. The average Bonchev–Trinajstić information content (AvgIpc) is 2.61. The van der Waals surface area contributed by atoms with Crippen molar-refractivity contribution in [3.63, 3.8) is 0 Å². The standard InChI is InChI=1S/C19H20ClNO4/c20-16-9-7-14(8-10-16)13-25-17-5-3-4-15(12-17)19(24)21-11-2-1-6-18(22)23/h3-5,7-10,12H,1-2,6,11,13H2,(H,21,24)(H,22,23). The molecular formula is C19H20ClNO4. The summed E-state index contributed by atoms with van der Waals surface area (Å²) in [5.74, 6) is -0.419. The molecule has 0 saturated heterocycles. The maximum Gasteiger partial charge on any atom is 0.303 e. The van der Waals surface area contributed by atoms with Gasteiger partial charge in [-0.1, -0.05) is 29.8 Å². The van der Waals surface area contributed by atoms with E-state index in [4.69, 9.17) is 21.4 Å². The molecule has 1 amide bonds. The van der Waals surface area contributed by atoms with E-state index in [-0.39, 0.29) is 12.3 Å². The highest BCUT2D eigenvalue weighted by atomic mass is 35.5. The third-order valence-electron chi connectivity index (χ3n) is 3.52. The fraction of sp³-hybridized carbons (Fsp3) is 0.263. The number of amides is 1. The Kier molecular flexibility index (Phi) is 7.29. The zero-order valence-corrected chi connectivity index (χ0v) is 14.5. The number of carbonyl (C=O) groups is 2. The van der Waals surface area contributed by atoms with Gasteiger partial charge in [-0.15, -0.1) is 0 Å². The van der Waals surface area contributed by atoms with Crippen LogP contribution in [-0.2, 0) is 11.4 Å². The van der Waals surface area contributed by atoms with Crippen molar-refractivity contribution in [2.75, 3.05) is 6.54 Å². The minimum atomic E-state index is -0.822. The van der Waals surface area contributed by atoms with Gasteiger partial charge in [0.25, 0.3) is 5.91 Å². The molecule has 0 fully saturated rings. The number of carboxylic acids is 1. The largest absolute Gasteiger partial charge is 0.489 e. The van der Waals surface area contributed by atoms with Gasteiger partial charge in [-0.25, -0.2) is 0 Å². The number of carboxylic acid groups (broad SMARTS) is 1. The molecule has 0 aliphatic carbocycles. The number of carbonyl (C=O) groups excluding carboxylic acids is 1. The second kappa shape index (κ2) is 9.69. The third-order valence-corrected chi connectivity index (χ3v) is 3.77. The molecule has 0 atom stereocenters. The van der Waals surface area contributed by atoms with Crippen molar-refractivity contribution in [3.05, 3.63) is 64.7 Å². The summed E-state index contributed by atoms with van der Waals surface area (Å²) in [6, 6.07) is 14.3. The summed E-state index contributed by atoms with van der Waals surface area (Å²) in [5.41, 5.74) is 1.49. The molecular weight excluding hydrogens is 342 g/mol. The Morgan fingerprint density at radius 1 is 1.08 bits per heavy atom. The summed E-state index contributed by atoms with van der Waals surface area (Å²) >= 11 is 5.85. The van der Waals surface area contributed by atoms with Crippen LogP contribution in [0.1, 0.15) is 35.2 Å². The van der Waals surface area contributed by atoms with Crippen molar-refractivity contribution in [2.24, 2.45) is 0 Å². The average molecular weight is 362 g/mol. The summed E-state index contributed by atoms with van der Waals surface area (Å²) in [6.45, 7) is 0.833. The Bertz CT molecular complexity index is 716. The van der Waals surface area contributed by atoms with E-state index in [0.29, 0.717) is 42.3 Å². The Morgan fingerprint density at radius 2 is 1.84 bits per heavy atom. The number of halogens is 1. The van der Waals surface area contributed by atoms with Gasteiger partial charge >= 0.3 is 5.97 Å². The van der Waals surface area contributed by atoms with E-state index in [9.17, 15) is 9.59 Å². The molecule has 132 valence electrons. The topological polar surface area (TPSA) is 75.6 Å². The first-order valence-electron chi connectivity index (χ1n) is 8.02. The van der Waals surface area contributed by atoms with Crippen LogP contribution in [0.3, 0.4) is 0 Å². The van der Waals surface area contributed by atoms with Crippen molar-refractivity contribution in [1.29, 1.82) is 0 Å². The first-order chi connectivity index (χ1) is 12.0. The van der Waals surface area contributed by atoms with Crippen molar-refractivity contribution in [2.45, 2.75) is 25.9 Å². The zero-order chi connectivity index (χ0) is 18.1. The lowest BCUT2D eigenvalue weighted by atomic mass is 10.2. The Labute approximate surface area is 151 Å². The van der Waals surface area contributed by atoms with Gasteiger partial charge in [-0.2, -0.15) is 0 Å². The highest BCUT2D eigenvalue weighted by Gasteiger charge is 2.07. The van der Waals surface area contributed by atoms with E-state index in [1.165, 1.54) is 0 Å². The van der Waals surface area contributed by atoms with Crippen LogP contribution in [0.2, 0.25) is 5.02 Å². The number of hydrogen-bond acceptors (Lipinski definition) is 3. The predicted molar refractivity (Wildman–Crippen MR) is 96.0 cm³/mol. The van der Waals surface area contributed by atoms with Crippen LogP contribution in [0.25, 0.3) is 0 Å². The van der Waals surface area contributed by atoms with Gasteiger partial charge in [0.1, 0.15) is 12.4 Å². The summed E-state index contributed by atoms with van der Waals surface area (Å²) in [7, 11) is 0. The number of benzene rings is 2. The van der Waals surface area contributed by atoms with E-state index < -0.39 is 5.97 Å². The fourth-order valence-electron chi connectivity index (χ4n) is 2.18. The Morgan fingerprint density at radius 3 is 2.56 bits per heavy atom. The first-order valence-corrected chi connectivity index (χ1v) is 8.39. The van der Waals surface area contributed by atoms with Gasteiger partial charge < -0.3 is 15.2 Å².